The van der Waals surface area contributed by atoms with Crippen molar-refractivity contribution in [3.8, 4) is 0 Å². The molecule has 0 aromatic carbocycles. The van der Waals surface area contributed by atoms with Gasteiger partial charge in [0.15, 0.2) is 0 Å². The predicted molar refractivity (Wildman–Crippen MR) is 72.5 cm³/mol. The average Bonchev–Trinajstić information content (AvgIpc) is 2.52. The number of rotatable bonds is 5. The monoisotopic (exact) mass is 294 g/mol. The number of nitrogens with one attached hydrogen (secondary N) is 1. The van der Waals surface area contributed by atoms with E-state index in [-0.39, 0.29) is 18.7 Å². The van der Waals surface area contributed by atoms with Gasteiger partial charge in [0.25, 0.3) is 0 Å². The number of ether oxygens (including phenoxy) is 1. The third kappa shape index (κ3) is 4.99. The van der Waals surface area contributed by atoms with Crippen LogP contribution in [0.15, 0.2) is 18.3 Å². The lowest BCUT2D eigenvalue weighted by Crippen LogP contribution is -2.46. The first kappa shape index (κ1) is 15.2. The summed E-state index contributed by atoms with van der Waals surface area (Å²) >= 11 is 0. The van der Waals surface area contributed by atoms with Gasteiger partial charge in [0.1, 0.15) is 6.61 Å². The molecule has 2 heterocycles. The molecule has 1 aromatic rings. The molecule has 0 spiro atoms. The quantitative estimate of drug-likeness (QED) is 0.806. The number of nitrogens with zero attached hydrogens (tertiary/aromatic N) is 3. The van der Waals surface area contributed by atoms with E-state index in [1.54, 1.807) is 23.2 Å². The Morgan fingerprint density at radius 1 is 1.43 bits per heavy atom. The van der Waals surface area contributed by atoms with E-state index in [0.717, 1.165) is 0 Å². The van der Waals surface area contributed by atoms with Crippen LogP contribution >= 0.6 is 0 Å². The minimum Gasteiger partial charge on any atom is -0.480 e. The molecule has 8 nitrogen and oxygen atoms in total. The Bertz CT molecular complexity index is 474. The van der Waals surface area contributed by atoms with Gasteiger partial charge in [-0.3, -0.25) is 0 Å². The van der Waals surface area contributed by atoms with Crippen molar-refractivity contribution in [3.63, 3.8) is 0 Å². The highest BCUT2D eigenvalue weighted by Gasteiger charge is 2.23. The molecule has 1 fully saturated rings. The highest BCUT2D eigenvalue weighted by Crippen LogP contribution is 2.13. The first-order valence-electron chi connectivity index (χ1n) is 6.78. The Balaban J connectivity index is 1.69. The summed E-state index contributed by atoms with van der Waals surface area (Å²) in [6.07, 6.45) is 2.77. The maximum atomic E-state index is 12.0. The van der Waals surface area contributed by atoms with Crippen LogP contribution in [0.25, 0.3) is 0 Å². The van der Waals surface area contributed by atoms with Crippen molar-refractivity contribution in [3.05, 3.63) is 24.0 Å². The van der Waals surface area contributed by atoms with Crippen LogP contribution in [0.5, 0.6) is 0 Å². The molecule has 21 heavy (non-hydrogen) atoms. The van der Waals surface area contributed by atoms with Gasteiger partial charge < -0.3 is 20.1 Å². The van der Waals surface area contributed by atoms with Gasteiger partial charge in [-0.15, -0.1) is 0 Å². The molecule has 2 rings (SSSR count). The largest absolute Gasteiger partial charge is 0.480 e. The summed E-state index contributed by atoms with van der Waals surface area (Å²) in [4.78, 5) is 24.1. The molecule has 0 bridgehead atoms. The van der Waals surface area contributed by atoms with Crippen LogP contribution in [0.1, 0.15) is 18.5 Å². The average molecular weight is 294 g/mol. The molecule has 2 N–H and O–H groups in total. The fourth-order valence-electron chi connectivity index (χ4n) is 2.12. The third-order valence-electron chi connectivity index (χ3n) is 3.22. The molecule has 114 valence electrons. The van der Waals surface area contributed by atoms with Crippen molar-refractivity contribution >= 4 is 12.0 Å². The summed E-state index contributed by atoms with van der Waals surface area (Å²) in [7, 11) is 0. The van der Waals surface area contributed by atoms with E-state index in [1.807, 2.05) is 0 Å². The molecule has 1 aliphatic heterocycles. The Hall–Kier alpha value is -2.22. The zero-order valence-electron chi connectivity index (χ0n) is 11.6. The summed E-state index contributed by atoms with van der Waals surface area (Å²) in [5.74, 6) is -0.973. The topological polar surface area (TPSA) is 105 Å². The zero-order valence-corrected chi connectivity index (χ0v) is 11.6. The molecule has 8 heteroatoms. The van der Waals surface area contributed by atoms with E-state index in [2.05, 4.69) is 15.5 Å². The van der Waals surface area contributed by atoms with E-state index in [0.29, 0.717) is 38.2 Å². The van der Waals surface area contributed by atoms with E-state index < -0.39 is 5.97 Å². The number of aliphatic carboxylic acids is 1. The van der Waals surface area contributed by atoms with Crippen molar-refractivity contribution in [1.29, 1.82) is 0 Å². The lowest BCUT2D eigenvalue weighted by atomic mass is 10.1. The number of carbonyl (C=O) groups excluding carboxylic acids is 1. The number of amides is 2. The number of urea groups is 1. The smallest absolute Gasteiger partial charge is 0.329 e. The summed E-state index contributed by atoms with van der Waals surface area (Å²) in [6, 6.07) is 3.40. The highest BCUT2D eigenvalue weighted by atomic mass is 16.5. The van der Waals surface area contributed by atoms with Gasteiger partial charge in [0.05, 0.1) is 18.3 Å². The van der Waals surface area contributed by atoms with Gasteiger partial charge >= 0.3 is 12.0 Å². The maximum absolute atomic E-state index is 12.0. The number of carboxylic acids is 1. The molecular weight excluding hydrogens is 276 g/mol. The van der Waals surface area contributed by atoms with E-state index in [1.165, 1.54) is 0 Å². The van der Waals surface area contributed by atoms with Gasteiger partial charge in [0, 0.05) is 19.3 Å². The Morgan fingerprint density at radius 2 is 2.19 bits per heavy atom. The molecule has 0 atom stereocenters. The van der Waals surface area contributed by atoms with Crippen LogP contribution in [0.3, 0.4) is 0 Å². The first-order chi connectivity index (χ1) is 10.1. The Kier molecular flexibility index (Phi) is 5.44. The number of hydrogen-bond acceptors (Lipinski definition) is 5. The molecular formula is C13H18N4O4. The lowest BCUT2D eigenvalue weighted by molar-refractivity contribution is -0.145. The van der Waals surface area contributed by atoms with Crippen molar-refractivity contribution in [2.75, 3.05) is 19.7 Å². The zero-order chi connectivity index (χ0) is 15.1. The van der Waals surface area contributed by atoms with Crippen molar-refractivity contribution < 1.29 is 19.4 Å². The molecule has 0 saturated carbocycles. The molecule has 0 unspecified atom stereocenters. The van der Waals surface area contributed by atoms with Crippen LogP contribution in [0.4, 0.5) is 4.79 Å². The van der Waals surface area contributed by atoms with E-state index in [4.69, 9.17) is 9.84 Å². The molecule has 0 radical (unpaired) electrons. The Labute approximate surface area is 122 Å². The highest BCUT2D eigenvalue weighted by molar-refractivity contribution is 5.74. The van der Waals surface area contributed by atoms with Gasteiger partial charge in [-0.25, -0.2) is 9.59 Å². The minimum absolute atomic E-state index is 0.0925. The van der Waals surface area contributed by atoms with Crippen LogP contribution in [0, 0.1) is 0 Å². The van der Waals surface area contributed by atoms with Gasteiger partial charge in [-0.1, -0.05) is 0 Å². The molecule has 1 saturated heterocycles. The second kappa shape index (κ2) is 7.53. The SMILES string of the molecule is O=C(O)COC1CCN(C(=O)NCc2cccnn2)CC1. The molecule has 1 aromatic heterocycles. The summed E-state index contributed by atoms with van der Waals surface area (Å²) in [5, 5.41) is 19.0. The standard InChI is InChI=1S/C13H18N4O4/c18-12(19)9-21-11-3-6-17(7-4-11)13(20)14-8-10-2-1-5-15-16-10/h1-2,5,11H,3-4,6-9H2,(H,14,20)(H,18,19). The normalized spacial score (nSPS) is 15.7. The second-order valence-electron chi connectivity index (χ2n) is 4.76. The maximum Gasteiger partial charge on any atom is 0.329 e. The van der Waals surface area contributed by atoms with E-state index >= 15 is 0 Å². The first-order valence-corrected chi connectivity index (χ1v) is 6.78. The number of aromatic nitrogens is 2. The van der Waals surface area contributed by atoms with E-state index in [9.17, 15) is 9.59 Å². The minimum atomic E-state index is -0.973. The number of piperidine rings is 1. The number of carboxylic acid groups (broad SMARTS) is 1. The van der Waals surface area contributed by atoms with Crippen LogP contribution in [-0.4, -0.2) is 58.0 Å². The summed E-state index contributed by atoms with van der Waals surface area (Å²) in [6.45, 7) is 1.15. The second-order valence-corrected chi connectivity index (χ2v) is 4.76. The fraction of sp³-hybridized carbons (Fsp3) is 0.538. The number of carbonyl (C=O) groups is 2. The van der Waals surface area contributed by atoms with Crippen molar-refractivity contribution in [2.24, 2.45) is 0 Å². The molecule has 1 aliphatic rings. The van der Waals surface area contributed by atoms with Crippen LogP contribution in [-0.2, 0) is 16.1 Å². The van der Waals surface area contributed by atoms with Crippen LogP contribution < -0.4 is 5.32 Å². The predicted octanol–water partition coefficient (Wildman–Crippen LogP) is 0.252. The van der Waals surface area contributed by atoms with Crippen molar-refractivity contribution in [1.82, 2.24) is 20.4 Å². The van der Waals surface area contributed by atoms with Gasteiger partial charge in [-0.2, -0.15) is 10.2 Å². The molecule has 2 amide bonds. The van der Waals surface area contributed by atoms with Gasteiger partial charge in [0.2, 0.25) is 0 Å². The summed E-state index contributed by atoms with van der Waals surface area (Å²) < 4.78 is 5.23. The number of likely N-dealkylation sites (tertiary alicyclic amines) is 1. The van der Waals surface area contributed by atoms with Gasteiger partial charge in [-0.05, 0) is 25.0 Å². The fourth-order valence-corrected chi connectivity index (χ4v) is 2.12. The Morgan fingerprint density at radius 3 is 2.81 bits per heavy atom. The van der Waals surface area contributed by atoms with Crippen LogP contribution in [0.2, 0.25) is 0 Å². The third-order valence-corrected chi connectivity index (χ3v) is 3.22. The molecule has 0 aliphatic carbocycles. The number of hydrogen-bond donors (Lipinski definition) is 2. The van der Waals surface area contributed by atoms with Crippen molar-refractivity contribution in [2.45, 2.75) is 25.5 Å². The lowest BCUT2D eigenvalue weighted by Gasteiger charge is -2.31. The summed E-state index contributed by atoms with van der Waals surface area (Å²) in [5.41, 5.74) is 0.700.